The molecule has 2 aromatic carbocycles. The van der Waals surface area contributed by atoms with Gasteiger partial charge in [-0.3, -0.25) is 0 Å². The van der Waals surface area contributed by atoms with Crippen LogP contribution in [0.4, 0.5) is 11.5 Å². The number of hydrogen-bond donors (Lipinski definition) is 1. The number of nitrogens with zero attached hydrogens (tertiary/aromatic N) is 3. The van der Waals surface area contributed by atoms with Crippen LogP contribution in [0.15, 0.2) is 60.7 Å². The van der Waals surface area contributed by atoms with Gasteiger partial charge in [-0.1, -0.05) is 6.07 Å². The van der Waals surface area contributed by atoms with Crippen molar-refractivity contribution in [1.29, 1.82) is 10.5 Å². The SMILES string of the molecule is COc1cc(C#N)ccc1Oc1ccc(Nc2cccc(C#N)n2)cc1. The molecule has 126 valence electrons. The summed E-state index contributed by atoms with van der Waals surface area (Å²) >= 11 is 0. The van der Waals surface area contributed by atoms with Gasteiger partial charge in [-0.05, 0) is 48.5 Å². The normalized spacial score (nSPS) is 9.65. The van der Waals surface area contributed by atoms with Gasteiger partial charge >= 0.3 is 0 Å². The summed E-state index contributed by atoms with van der Waals surface area (Å²) in [5.41, 5.74) is 1.66. The number of hydrogen-bond acceptors (Lipinski definition) is 6. The third-order valence-corrected chi connectivity index (χ3v) is 3.51. The van der Waals surface area contributed by atoms with Gasteiger partial charge in [-0.15, -0.1) is 0 Å². The molecule has 0 spiro atoms. The fourth-order valence-corrected chi connectivity index (χ4v) is 2.27. The van der Waals surface area contributed by atoms with Crippen LogP contribution in [0, 0.1) is 22.7 Å². The van der Waals surface area contributed by atoms with Gasteiger partial charge in [0.2, 0.25) is 0 Å². The molecule has 0 aliphatic carbocycles. The second kappa shape index (κ2) is 7.69. The number of pyridine rings is 1. The molecule has 6 nitrogen and oxygen atoms in total. The first-order valence-electron chi connectivity index (χ1n) is 7.72. The minimum Gasteiger partial charge on any atom is -0.493 e. The molecule has 3 aromatic rings. The van der Waals surface area contributed by atoms with E-state index in [1.807, 2.05) is 18.2 Å². The lowest BCUT2D eigenvalue weighted by Crippen LogP contribution is -1.95. The molecular formula is C20H14N4O2. The van der Waals surface area contributed by atoms with E-state index in [1.54, 1.807) is 48.5 Å². The third-order valence-electron chi connectivity index (χ3n) is 3.51. The quantitative estimate of drug-likeness (QED) is 0.740. The third kappa shape index (κ3) is 3.89. The number of nitrogens with one attached hydrogen (secondary N) is 1. The number of nitriles is 2. The van der Waals surface area contributed by atoms with Crippen LogP contribution in [0.5, 0.6) is 17.2 Å². The van der Waals surface area contributed by atoms with E-state index in [4.69, 9.17) is 20.0 Å². The molecular weight excluding hydrogens is 328 g/mol. The lowest BCUT2D eigenvalue weighted by Gasteiger charge is -2.11. The van der Waals surface area contributed by atoms with Crippen molar-refractivity contribution in [2.24, 2.45) is 0 Å². The van der Waals surface area contributed by atoms with E-state index in [-0.39, 0.29) is 0 Å². The average molecular weight is 342 g/mol. The molecule has 6 heteroatoms. The van der Waals surface area contributed by atoms with Crippen LogP contribution in [0.2, 0.25) is 0 Å². The molecule has 0 saturated heterocycles. The molecule has 0 amide bonds. The van der Waals surface area contributed by atoms with Crippen LogP contribution in [-0.4, -0.2) is 12.1 Å². The number of rotatable bonds is 5. The van der Waals surface area contributed by atoms with Gasteiger partial charge in [-0.25, -0.2) is 4.98 Å². The Kier molecular flexibility index (Phi) is 4.98. The molecule has 0 bridgehead atoms. The first-order chi connectivity index (χ1) is 12.7. The van der Waals surface area contributed by atoms with Crippen LogP contribution >= 0.6 is 0 Å². The molecule has 1 heterocycles. The van der Waals surface area contributed by atoms with Crippen molar-refractivity contribution in [2.45, 2.75) is 0 Å². The molecule has 0 aliphatic heterocycles. The van der Waals surface area contributed by atoms with Gasteiger partial charge in [0.1, 0.15) is 23.3 Å². The van der Waals surface area contributed by atoms with E-state index in [9.17, 15) is 0 Å². The zero-order valence-corrected chi connectivity index (χ0v) is 13.9. The number of methoxy groups -OCH3 is 1. The second-order valence-electron chi connectivity index (χ2n) is 5.25. The second-order valence-corrected chi connectivity index (χ2v) is 5.25. The van der Waals surface area contributed by atoms with Crippen LogP contribution in [0.25, 0.3) is 0 Å². The van der Waals surface area contributed by atoms with Crippen molar-refractivity contribution in [2.75, 3.05) is 12.4 Å². The van der Waals surface area contributed by atoms with Crippen molar-refractivity contribution in [3.05, 3.63) is 71.9 Å². The Bertz CT molecular complexity index is 1000. The van der Waals surface area contributed by atoms with Crippen molar-refractivity contribution >= 4 is 11.5 Å². The van der Waals surface area contributed by atoms with Gasteiger partial charge in [-0.2, -0.15) is 10.5 Å². The topological polar surface area (TPSA) is 91.0 Å². The Hall–Kier alpha value is -4.03. The van der Waals surface area contributed by atoms with Crippen molar-refractivity contribution in [3.8, 4) is 29.4 Å². The Balaban J connectivity index is 1.74. The summed E-state index contributed by atoms with van der Waals surface area (Å²) in [6, 6.07) is 21.5. The number of anilines is 2. The number of benzene rings is 2. The molecule has 0 unspecified atom stereocenters. The number of ether oxygens (including phenoxy) is 2. The van der Waals surface area contributed by atoms with E-state index >= 15 is 0 Å². The van der Waals surface area contributed by atoms with E-state index in [2.05, 4.69) is 16.4 Å². The van der Waals surface area contributed by atoms with Gasteiger partial charge in [0.05, 0.1) is 18.7 Å². The van der Waals surface area contributed by atoms with Crippen LogP contribution in [-0.2, 0) is 0 Å². The summed E-state index contributed by atoms with van der Waals surface area (Å²) in [5.74, 6) is 2.23. The molecule has 0 fully saturated rings. The summed E-state index contributed by atoms with van der Waals surface area (Å²) in [4.78, 5) is 4.17. The largest absolute Gasteiger partial charge is 0.493 e. The van der Waals surface area contributed by atoms with Crippen LogP contribution in [0.3, 0.4) is 0 Å². The first kappa shape index (κ1) is 16.8. The van der Waals surface area contributed by atoms with Crippen molar-refractivity contribution in [3.63, 3.8) is 0 Å². The lowest BCUT2D eigenvalue weighted by molar-refractivity contribution is 0.379. The van der Waals surface area contributed by atoms with Crippen molar-refractivity contribution < 1.29 is 9.47 Å². The molecule has 0 aliphatic rings. The summed E-state index contributed by atoms with van der Waals surface area (Å²) in [6.07, 6.45) is 0. The summed E-state index contributed by atoms with van der Waals surface area (Å²) in [7, 11) is 1.53. The minimum atomic E-state index is 0.350. The summed E-state index contributed by atoms with van der Waals surface area (Å²) in [5, 5.41) is 21.0. The van der Waals surface area contributed by atoms with Crippen LogP contribution in [0.1, 0.15) is 11.3 Å². The van der Waals surface area contributed by atoms with Gasteiger partial charge < -0.3 is 14.8 Å². The fraction of sp³-hybridized carbons (Fsp3) is 0.0500. The Morgan fingerprint density at radius 2 is 1.73 bits per heavy atom. The maximum absolute atomic E-state index is 8.95. The summed E-state index contributed by atoms with van der Waals surface area (Å²) in [6.45, 7) is 0. The minimum absolute atomic E-state index is 0.350. The van der Waals surface area contributed by atoms with Gasteiger partial charge in [0.25, 0.3) is 0 Å². The predicted molar refractivity (Wildman–Crippen MR) is 96.5 cm³/mol. The smallest absolute Gasteiger partial charge is 0.169 e. The average Bonchev–Trinajstić information content (AvgIpc) is 2.70. The maximum Gasteiger partial charge on any atom is 0.169 e. The molecule has 3 rings (SSSR count). The lowest BCUT2D eigenvalue weighted by atomic mass is 10.2. The highest BCUT2D eigenvalue weighted by Crippen LogP contribution is 2.32. The van der Waals surface area contributed by atoms with Crippen molar-refractivity contribution in [1.82, 2.24) is 4.98 Å². The monoisotopic (exact) mass is 342 g/mol. The highest BCUT2D eigenvalue weighted by molar-refractivity contribution is 5.58. The molecule has 0 saturated carbocycles. The zero-order valence-electron chi connectivity index (χ0n) is 13.9. The number of aromatic nitrogens is 1. The predicted octanol–water partition coefficient (Wildman–Crippen LogP) is 4.37. The summed E-state index contributed by atoms with van der Waals surface area (Å²) < 4.78 is 11.1. The molecule has 26 heavy (non-hydrogen) atoms. The Morgan fingerprint density at radius 3 is 2.42 bits per heavy atom. The first-order valence-corrected chi connectivity index (χ1v) is 7.72. The molecule has 1 N–H and O–H groups in total. The maximum atomic E-state index is 8.95. The van der Waals surface area contributed by atoms with Crippen LogP contribution < -0.4 is 14.8 Å². The highest BCUT2D eigenvalue weighted by atomic mass is 16.5. The highest BCUT2D eigenvalue weighted by Gasteiger charge is 2.07. The van der Waals surface area contributed by atoms with E-state index in [0.29, 0.717) is 34.3 Å². The van der Waals surface area contributed by atoms with E-state index in [1.165, 1.54) is 7.11 Å². The Labute approximate surface area is 150 Å². The zero-order chi connectivity index (χ0) is 18.4. The van der Waals surface area contributed by atoms with Gasteiger partial charge in [0.15, 0.2) is 11.5 Å². The van der Waals surface area contributed by atoms with E-state index in [0.717, 1.165) is 5.69 Å². The fourth-order valence-electron chi connectivity index (χ4n) is 2.27. The van der Waals surface area contributed by atoms with Gasteiger partial charge in [0, 0.05) is 11.8 Å². The Morgan fingerprint density at radius 1 is 0.923 bits per heavy atom. The standard InChI is InChI=1S/C20H14N4O2/c1-25-19-11-14(12-21)5-10-18(19)26-17-8-6-15(7-9-17)23-20-4-2-3-16(13-22)24-20/h2-11H,1H3,(H,23,24). The molecule has 0 radical (unpaired) electrons. The van der Waals surface area contributed by atoms with E-state index < -0.39 is 0 Å². The molecule has 0 atom stereocenters. The molecule has 1 aromatic heterocycles.